The van der Waals surface area contributed by atoms with Gasteiger partial charge in [-0.2, -0.15) is 0 Å². The molecule has 2 aliphatic heterocycles. The third-order valence-electron chi connectivity index (χ3n) is 5.83. The van der Waals surface area contributed by atoms with Crippen LogP contribution in [0.2, 0.25) is 0 Å². The Morgan fingerprint density at radius 2 is 2.08 bits per heavy atom. The largest absolute Gasteiger partial charge is 0.497 e. The van der Waals surface area contributed by atoms with Gasteiger partial charge >= 0.3 is 0 Å². The fraction of sp³-hybridized carbons (Fsp3) is 0.650. The highest BCUT2D eigenvalue weighted by atomic mass is 16.5. The van der Waals surface area contributed by atoms with Crippen LogP contribution in [0.1, 0.15) is 36.0 Å². The Bertz CT molecular complexity index is 613. The Morgan fingerprint density at radius 3 is 2.80 bits per heavy atom. The molecule has 0 spiro atoms. The minimum absolute atomic E-state index is 0.0325. The van der Waals surface area contributed by atoms with E-state index in [1.54, 1.807) is 7.11 Å². The molecule has 0 unspecified atom stereocenters. The number of carbonyl (C=O) groups is 1. The molecule has 1 aliphatic carbocycles. The molecule has 1 saturated carbocycles. The first-order valence-electron chi connectivity index (χ1n) is 9.33. The van der Waals surface area contributed by atoms with Crippen molar-refractivity contribution < 1.29 is 19.0 Å². The second-order valence-corrected chi connectivity index (χ2v) is 7.67. The summed E-state index contributed by atoms with van der Waals surface area (Å²) in [6.07, 6.45) is 4.71. The van der Waals surface area contributed by atoms with E-state index in [1.807, 2.05) is 29.2 Å². The van der Waals surface area contributed by atoms with Gasteiger partial charge in [-0.3, -0.25) is 4.79 Å². The van der Waals surface area contributed by atoms with Gasteiger partial charge in [-0.05, 0) is 55.9 Å². The highest BCUT2D eigenvalue weighted by molar-refractivity contribution is 5.94. The fourth-order valence-electron chi connectivity index (χ4n) is 4.06. The lowest BCUT2D eigenvalue weighted by Gasteiger charge is -2.43. The topological polar surface area (TPSA) is 48.0 Å². The van der Waals surface area contributed by atoms with Gasteiger partial charge in [0.15, 0.2) is 0 Å². The number of rotatable bonds is 6. The van der Waals surface area contributed by atoms with Gasteiger partial charge in [0, 0.05) is 37.3 Å². The Morgan fingerprint density at radius 1 is 1.28 bits per heavy atom. The van der Waals surface area contributed by atoms with Crippen molar-refractivity contribution in [2.45, 2.75) is 31.8 Å². The molecule has 1 aromatic carbocycles. The monoisotopic (exact) mass is 345 g/mol. The smallest absolute Gasteiger partial charge is 0.253 e. The van der Waals surface area contributed by atoms with Gasteiger partial charge in [-0.15, -0.1) is 0 Å². The molecule has 1 amide bonds. The van der Waals surface area contributed by atoms with Gasteiger partial charge in [0.1, 0.15) is 5.75 Å². The van der Waals surface area contributed by atoms with Crippen molar-refractivity contribution in [3.05, 3.63) is 29.8 Å². The number of carbonyl (C=O) groups excluding carboxylic acids is 1. The summed E-state index contributed by atoms with van der Waals surface area (Å²) in [5.74, 6) is 1.62. The molecule has 25 heavy (non-hydrogen) atoms. The minimum Gasteiger partial charge on any atom is -0.497 e. The van der Waals surface area contributed by atoms with Crippen LogP contribution < -0.4 is 4.74 Å². The Balaban J connectivity index is 1.43. The summed E-state index contributed by atoms with van der Waals surface area (Å²) < 4.78 is 17.2. The third kappa shape index (κ3) is 3.53. The van der Waals surface area contributed by atoms with Crippen molar-refractivity contribution in [1.82, 2.24) is 4.90 Å². The number of hydrogen-bond donors (Lipinski definition) is 0. The van der Waals surface area contributed by atoms with Crippen molar-refractivity contribution in [1.29, 1.82) is 0 Å². The molecular formula is C20H27NO4. The zero-order valence-corrected chi connectivity index (χ0v) is 14.9. The molecule has 2 atom stereocenters. The summed E-state index contributed by atoms with van der Waals surface area (Å²) >= 11 is 0. The predicted octanol–water partition coefficient (Wildman–Crippen LogP) is 2.74. The molecule has 1 aromatic rings. The van der Waals surface area contributed by atoms with Crippen LogP contribution in [0.4, 0.5) is 0 Å². The van der Waals surface area contributed by atoms with Gasteiger partial charge in [0.05, 0.1) is 19.8 Å². The second-order valence-electron chi connectivity index (χ2n) is 7.67. The van der Waals surface area contributed by atoms with Crippen LogP contribution in [-0.4, -0.2) is 56.9 Å². The zero-order valence-electron chi connectivity index (χ0n) is 14.9. The van der Waals surface area contributed by atoms with E-state index < -0.39 is 0 Å². The molecule has 5 nitrogen and oxygen atoms in total. The number of methoxy groups -OCH3 is 1. The average molecular weight is 345 g/mol. The standard InChI is InChI=1S/C20H27NO4/c1-23-17-6-4-16(5-7-17)19(22)21-10-8-18-20(13-21,9-11-25-18)14-24-12-15-2-3-15/h4-7,15,18H,2-3,8-14H2,1H3/t18-,20+/m0/s1. The lowest BCUT2D eigenvalue weighted by atomic mass is 9.77. The summed E-state index contributed by atoms with van der Waals surface area (Å²) in [5.41, 5.74) is 0.683. The summed E-state index contributed by atoms with van der Waals surface area (Å²) in [4.78, 5) is 14.9. The van der Waals surface area contributed by atoms with Crippen LogP contribution in [0, 0.1) is 11.3 Å². The van der Waals surface area contributed by atoms with Crippen LogP contribution in [0.15, 0.2) is 24.3 Å². The first kappa shape index (κ1) is 16.9. The first-order chi connectivity index (χ1) is 12.2. The number of ether oxygens (including phenoxy) is 3. The van der Waals surface area contributed by atoms with E-state index in [2.05, 4.69) is 0 Å². The maximum Gasteiger partial charge on any atom is 0.253 e. The number of fused-ring (bicyclic) bond motifs is 1. The quantitative estimate of drug-likeness (QED) is 0.795. The van der Waals surface area contributed by atoms with E-state index in [1.165, 1.54) is 12.8 Å². The zero-order chi connectivity index (χ0) is 17.3. The molecular weight excluding hydrogens is 318 g/mol. The SMILES string of the molecule is COc1ccc(C(=O)N2CC[C@@H]3OCC[C@]3(COCC3CC3)C2)cc1. The van der Waals surface area contributed by atoms with E-state index in [9.17, 15) is 4.79 Å². The lowest BCUT2D eigenvalue weighted by Crippen LogP contribution is -2.53. The number of nitrogens with zero attached hydrogens (tertiary/aromatic N) is 1. The molecule has 2 saturated heterocycles. The molecule has 3 fully saturated rings. The highest BCUT2D eigenvalue weighted by Crippen LogP contribution is 2.42. The second kappa shape index (κ2) is 6.96. The molecule has 136 valence electrons. The normalized spacial score (nSPS) is 28.7. The van der Waals surface area contributed by atoms with Crippen molar-refractivity contribution in [2.24, 2.45) is 11.3 Å². The maximum absolute atomic E-state index is 12.9. The van der Waals surface area contributed by atoms with Gasteiger partial charge in [0.2, 0.25) is 0 Å². The van der Waals surface area contributed by atoms with Crippen LogP contribution in [0.25, 0.3) is 0 Å². The first-order valence-corrected chi connectivity index (χ1v) is 9.33. The van der Waals surface area contributed by atoms with E-state index in [-0.39, 0.29) is 17.4 Å². The van der Waals surface area contributed by atoms with Gasteiger partial charge in [0.25, 0.3) is 5.91 Å². The number of benzene rings is 1. The molecule has 0 aromatic heterocycles. The Labute approximate surface area is 149 Å². The third-order valence-corrected chi connectivity index (χ3v) is 5.83. The molecule has 2 heterocycles. The molecule has 3 aliphatic rings. The van der Waals surface area contributed by atoms with Crippen LogP contribution >= 0.6 is 0 Å². The summed E-state index contributed by atoms with van der Waals surface area (Å²) in [6.45, 7) is 3.83. The van der Waals surface area contributed by atoms with E-state index in [0.29, 0.717) is 12.2 Å². The number of hydrogen-bond acceptors (Lipinski definition) is 4. The Hall–Kier alpha value is -1.59. The minimum atomic E-state index is -0.0325. The van der Waals surface area contributed by atoms with E-state index >= 15 is 0 Å². The van der Waals surface area contributed by atoms with Crippen molar-refractivity contribution in [2.75, 3.05) is 40.0 Å². The molecule has 4 rings (SSSR count). The van der Waals surface area contributed by atoms with E-state index in [4.69, 9.17) is 14.2 Å². The van der Waals surface area contributed by atoms with Gasteiger partial charge < -0.3 is 19.1 Å². The van der Waals surface area contributed by atoms with Crippen LogP contribution in [0.5, 0.6) is 5.75 Å². The number of amides is 1. The van der Waals surface area contributed by atoms with E-state index in [0.717, 1.165) is 50.8 Å². The molecule has 5 heteroatoms. The average Bonchev–Trinajstić information content (AvgIpc) is 3.38. The highest BCUT2D eigenvalue weighted by Gasteiger charge is 2.49. The maximum atomic E-state index is 12.9. The number of piperidine rings is 1. The molecule has 0 radical (unpaired) electrons. The summed E-state index contributed by atoms with van der Waals surface area (Å²) in [5, 5.41) is 0. The Kier molecular flexibility index (Phi) is 4.69. The predicted molar refractivity (Wildman–Crippen MR) is 93.8 cm³/mol. The molecule has 0 N–H and O–H groups in total. The fourth-order valence-corrected chi connectivity index (χ4v) is 4.06. The van der Waals surface area contributed by atoms with Gasteiger partial charge in [-0.25, -0.2) is 0 Å². The lowest BCUT2D eigenvalue weighted by molar-refractivity contribution is -0.0580. The molecule has 0 bridgehead atoms. The van der Waals surface area contributed by atoms with Gasteiger partial charge in [-0.1, -0.05) is 0 Å². The van der Waals surface area contributed by atoms with Crippen LogP contribution in [0.3, 0.4) is 0 Å². The van der Waals surface area contributed by atoms with Crippen molar-refractivity contribution in [3.63, 3.8) is 0 Å². The summed E-state index contributed by atoms with van der Waals surface area (Å²) in [7, 11) is 1.63. The van der Waals surface area contributed by atoms with Crippen molar-refractivity contribution >= 4 is 5.91 Å². The number of likely N-dealkylation sites (tertiary alicyclic amines) is 1. The van der Waals surface area contributed by atoms with Crippen LogP contribution in [-0.2, 0) is 9.47 Å². The summed E-state index contributed by atoms with van der Waals surface area (Å²) in [6, 6.07) is 7.36. The van der Waals surface area contributed by atoms with Crippen molar-refractivity contribution in [3.8, 4) is 5.75 Å².